The van der Waals surface area contributed by atoms with Crippen molar-refractivity contribution in [3.05, 3.63) is 64.5 Å². The van der Waals surface area contributed by atoms with E-state index >= 15 is 0 Å². The average molecular weight is 409 g/mol. The minimum absolute atomic E-state index is 0.177. The molecule has 1 aromatic heterocycles. The number of likely N-dealkylation sites (tertiary alicyclic amines) is 1. The Morgan fingerprint density at radius 3 is 2.30 bits per heavy atom. The molecular weight excluding hydrogens is 376 g/mol. The van der Waals surface area contributed by atoms with Crippen LogP contribution in [0.5, 0.6) is 0 Å². The van der Waals surface area contributed by atoms with Crippen molar-refractivity contribution in [2.75, 3.05) is 27.2 Å². The smallest absolute Gasteiger partial charge is 0.271 e. The van der Waals surface area contributed by atoms with Crippen molar-refractivity contribution in [3.63, 3.8) is 0 Å². The number of benzene rings is 1. The van der Waals surface area contributed by atoms with Crippen molar-refractivity contribution in [2.24, 2.45) is 5.92 Å². The van der Waals surface area contributed by atoms with Crippen molar-refractivity contribution in [2.45, 2.75) is 39.8 Å². The third-order valence-corrected chi connectivity index (χ3v) is 5.71. The Morgan fingerprint density at radius 1 is 1.07 bits per heavy atom. The maximum atomic E-state index is 12.6. The molecule has 0 bridgehead atoms. The highest BCUT2D eigenvalue weighted by molar-refractivity contribution is 5.97. The summed E-state index contributed by atoms with van der Waals surface area (Å²) in [6, 6.07) is 11.7. The zero-order chi connectivity index (χ0) is 21.7. The van der Waals surface area contributed by atoms with Gasteiger partial charge in [0.1, 0.15) is 5.69 Å². The van der Waals surface area contributed by atoms with E-state index in [-0.39, 0.29) is 11.8 Å². The summed E-state index contributed by atoms with van der Waals surface area (Å²) < 4.78 is 0. The van der Waals surface area contributed by atoms with Gasteiger partial charge in [-0.2, -0.15) is 0 Å². The lowest BCUT2D eigenvalue weighted by molar-refractivity contribution is 0.0820. The molecule has 2 aromatic rings. The fraction of sp³-hybridized carbons (Fsp3) is 0.458. The highest BCUT2D eigenvalue weighted by Gasteiger charge is 2.16. The largest absolute Gasteiger partial charge is 0.348 e. The lowest BCUT2D eigenvalue weighted by Crippen LogP contribution is -2.32. The SMILES string of the molecule is Cc1nc(C(=O)N(C)C)ccc1C(=O)NCc1ccc(CN2CCC(C)CC2)cc1. The molecule has 0 aliphatic carbocycles. The van der Waals surface area contributed by atoms with Gasteiger partial charge in [-0.3, -0.25) is 14.5 Å². The molecule has 3 rings (SSSR count). The lowest BCUT2D eigenvalue weighted by atomic mass is 9.99. The number of nitrogens with zero attached hydrogens (tertiary/aromatic N) is 3. The zero-order valence-corrected chi connectivity index (χ0v) is 18.4. The topological polar surface area (TPSA) is 65.5 Å². The summed E-state index contributed by atoms with van der Waals surface area (Å²) in [5, 5.41) is 2.95. The van der Waals surface area contributed by atoms with Crippen molar-refractivity contribution in [3.8, 4) is 0 Å². The molecule has 2 heterocycles. The number of hydrogen-bond donors (Lipinski definition) is 1. The minimum Gasteiger partial charge on any atom is -0.348 e. The van der Waals surface area contributed by atoms with Gasteiger partial charge in [0, 0.05) is 27.2 Å². The first-order chi connectivity index (χ1) is 14.3. The maximum Gasteiger partial charge on any atom is 0.271 e. The van der Waals surface area contributed by atoms with Crippen molar-refractivity contribution in [1.82, 2.24) is 20.1 Å². The Labute approximate surface area is 179 Å². The van der Waals surface area contributed by atoms with Crippen LogP contribution in [0.15, 0.2) is 36.4 Å². The molecule has 1 fully saturated rings. The fourth-order valence-electron chi connectivity index (χ4n) is 3.67. The average Bonchev–Trinajstić information content (AvgIpc) is 2.74. The molecule has 2 amide bonds. The number of pyridine rings is 1. The first-order valence-electron chi connectivity index (χ1n) is 10.6. The number of piperidine rings is 1. The first kappa shape index (κ1) is 22.0. The van der Waals surface area contributed by atoms with E-state index in [4.69, 9.17) is 0 Å². The van der Waals surface area contributed by atoms with E-state index in [1.54, 1.807) is 33.2 Å². The Bertz CT molecular complexity index is 885. The van der Waals surface area contributed by atoms with Crippen LogP contribution in [0, 0.1) is 12.8 Å². The number of carbonyl (C=O) groups is 2. The molecule has 1 N–H and O–H groups in total. The molecule has 0 atom stereocenters. The predicted molar refractivity (Wildman–Crippen MR) is 118 cm³/mol. The van der Waals surface area contributed by atoms with E-state index in [1.807, 2.05) is 0 Å². The number of aromatic nitrogens is 1. The summed E-state index contributed by atoms with van der Waals surface area (Å²) in [4.78, 5) is 32.8. The van der Waals surface area contributed by atoms with E-state index in [9.17, 15) is 9.59 Å². The maximum absolute atomic E-state index is 12.6. The van der Waals surface area contributed by atoms with E-state index < -0.39 is 0 Å². The van der Waals surface area contributed by atoms with Crippen LogP contribution in [0.2, 0.25) is 0 Å². The zero-order valence-electron chi connectivity index (χ0n) is 18.4. The third-order valence-electron chi connectivity index (χ3n) is 5.71. The second-order valence-corrected chi connectivity index (χ2v) is 8.49. The number of aryl methyl sites for hydroxylation is 1. The van der Waals surface area contributed by atoms with Crippen LogP contribution >= 0.6 is 0 Å². The number of rotatable bonds is 6. The molecule has 1 aromatic carbocycles. The summed E-state index contributed by atoms with van der Waals surface area (Å²) in [5.74, 6) is 0.482. The number of nitrogens with one attached hydrogen (secondary N) is 1. The van der Waals surface area contributed by atoms with Gasteiger partial charge in [0.15, 0.2) is 0 Å². The van der Waals surface area contributed by atoms with E-state index in [1.165, 1.54) is 36.4 Å². The van der Waals surface area contributed by atoms with Gasteiger partial charge < -0.3 is 10.2 Å². The molecule has 0 unspecified atom stereocenters. The standard InChI is InChI=1S/C24H32N4O2/c1-17-11-13-28(14-12-17)16-20-7-5-19(6-8-20)15-25-23(29)21-9-10-22(26-18(21)2)24(30)27(3)4/h5-10,17H,11-16H2,1-4H3,(H,25,29). The predicted octanol–water partition coefficient (Wildman–Crippen LogP) is 3.25. The Balaban J connectivity index is 1.54. The first-order valence-corrected chi connectivity index (χ1v) is 10.6. The van der Waals surface area contributed by atoms with E-state index in [0.29, 0.717) is 23.5 Å². The third kappa shape index (κ3) is 5.66. The van der Waals surface area contributed by atoms with E-state index in [2.05, 4.69) is 46.4 Å². The van der Waals surface area contributed by atoms with Crippen LogP contribution in [0.25, 0.3) is 0 Å². The second kappa shape index (κ2) is 9.85. The quantitative estimate of drug-likeness (QED) is 0.797. The molecule has 1 saturated heterocycles. The summed E-state index contributed by atoms with van der Waals surface area (Å²) >= 11 is 0. The molecule has 0 radical (unpaired) electrons. The molecule has 0 saturated carbocycles. The fourth-order valence-corrected chi connectivity index (χ4v) is 3.67. The van der Waals surface area contributed by atoms with Crippen molar-refractivity contribution in [1.29, 1.82) is 0 Å². The monoisotopic (exact) mass is 408 g/mol. The molecule has 160 valence electrons. The van der Waals surface area contributed by atoms with Gasteiger partial charge >= 0.3 is 0 Å². The van der Waals surface area contributed by atoms with Crippen LogP contribution in [0.3, 0.4) is 0 Å². The summed E-state index contributed by atoms with van der Waals surface area (Å²) in [6.45, 7) is 7.87. The van der Waals surface area contributed by atoms with Crippen LogP contribution < -0.4 is 5.32 Å². The van der Waals surface area contributed by atoms with Crippen LogP contribution in [-0.4, -0.2) is 53.8 Å². The Morgan fingerprint density at radius 2 is 1.70 bits per heavy atom. The summed E-state index contributed by atoms with van der Waals surface area (Å²) in [5.41, 5.74) is 3.74. The number of amides is 2. The minimum atomic E-state index is -0.185. The molecule has 1 aliphatic rings. The van der Waals surface area contributed by atoms with Gasteiger partial charge in [-0.15, -0.1) is 0 Å². The Kier molecular flexibility index (Phi) is 7.21. The summed E-state index contributed by atoms with van der Waals surface area (Å²) in [7, 11) is 3.36. The highest BCUT2D eigenvalue weighted by atomic mass is 16.2. The van der Waals surface area contributed by atoms with Gasteiger partial charge in [0.25, 0.3) is 11.8 Å². The number of hydrogen-bond acceptors (Lipinski definition) is 4. The van der Waals surface area contributed by atoms with Crippen LogP contribution in [0.4, 0.5) is 0 Å². The van der Waals surface area contributed by atoms with Gasteiger partial charge in [0.05, 0.1) is 11.3 Å². The van der Waals surface area contributed by atoms with Gasteiger partial charge in [-0.25, -0.2) is 4.98 Å². The normalized spacial score (nSPS) is 15.1. The highest BCUT2D eigenvalue weighted by Crippen LogP contribution is 2.18. The molecule has 0 spiro atoms. The van der Waals surface area contributed by atoms with E-state index in [0.717, 1.165) is 18.0 Å². The molecule has 6 heteroatoms. The molecule has 1 aliphatic heterocycles. The molecular formula is C24H32N4O2. The van der Waals surface area contributed by atoms with Gasteiger partial charge in [-0.1, -0.05) is 31.2 Å². The number of carbonyl (C=O) groups excluding carboxylic acids is 2. The second-order valence-electron chi connectivity index (χ2n) is 8.49. The Hall–Kier alpha value is -2.73. The van der Waals surface area contributed by atoms with Crippen molar-refractivity contribution >= 4 is 11.8 Å². The van der Waals surface area contributed by atoms with Gasteiger partial charge in [0.2, 0.25) is 0 Å². The molecule has 30 heavy (non-hydrogen) atoms. The van der Waals surface area contributed by atoms with Crippen LogP contribution in [0.1, 0.15) is 57.4 Å². The van der Waals surface area contributed by atoms with Gasteiger partial charge in [-0.05, 0) is 62.0 Å². The lowest BCUT2D eigenvalue weighted by Gasteiger charge is -2.30. The van der Waals surface area contributed by atoms with Crippen molar-refractivity contribution < 1.29 is 9.59 Å². The van der Waals surface area contributed by atoms with Crippen LogP contribution in [-0.2, 0) is 13.1 Å². The molecule has 6 nitrogen and oxygen atoms in total. The summed E-state index contributed by atoms with van der Waals surface area (Å²) in [6.07, 6.45) is 2.56.